The van der Waals surface area contributed by atoms with E-state index >= 15 is 0 Å². The van der Waals surface area contributed by atoms with Crippen LogP contribution in [-0.4, -0.2) is 16.5 Å². The van der Waals surface area contributed by atoms with E-state index in [0.717, 1.165) is 35.7 Å². The summed E-state index contributed by atoms with van der Waals surface area (Å²) in [5.74, 6) is 0.594. The van der Waals surface area contributed by atoms with E-state index in [1.165, 1.54) is 30.5 Å². The van der Waals surface area contributed by atoms with E-state index in [1.807, 2.05) is 0 Å². The van der Waals surface area contributed by atoms with Crippen molar-refractivity contribution in [1.82, 2.24) is 15.3 Å². The van der Waals surface area contributed by atoms with E-state index < -0.39 is 0 Å². The monoisotopic (exact) mass is 299 g/mol. The summed E-state index contributed by atoms with van der Waals surface area (Å²) in [6.45, 7) is 5.20. The smallest absolute Gasteiger partial charge is 0.133 e. The highest BCUT2D eigenvalue weighted by Gasteiger charge is 2.20. The Kier molecular flexibility index (Phi) is 4.48. The number of rotatable bonds is 3. The Bertz CT molecular complexity index is 623. The van der Waals surface area contributed by atoms with E-state index in [4.69, 9.17) is 0 Å². The lowest BCUT2D eigenvalue weighted by molar-refractivity contribution is 0.407. The fraction of sp³-hybridized carbons (Fsp3) is 0.444. The molecule has 1 atom stereocenters. The van der Waals surface area contributed by atoms with Gasteiger partial charge in [0, 0.05) is 29.4 Å². The topological polar surface area (TPSA) is 37.8 Å². The van der Waals surface area contributed by atoms with Gasteiger partial charge in [0.15, 0.2) is 0 Å². The van der Waals surface area contributed by atoms with Crippen LogP contribution in [0.15, 0.2) is 24.3 Å². The van der Waals surface area contributed by atoms with Gasteiger partial charge in [0.2, 0.25) is 0 Å². The first-order chi connectivity index (χ1) is 10.6. The van der Waals surface area contributed by atoms with Crippen molar-refractivity contribution in [2.45, 2.75) is 45.6 Å². The van der Waals surface area contributed by atoms with Gasteiger partial charge in [-0.25, -0.2) is 14.4 Å². The number of aryl methyl sites for hydroxylation is 2. The van der Waals surface area contributed by atoms with Crippen molar-refractivity contribution in [2.75, 3.05) is 6.54 Å². The number of hydrogen-bond acceptors (Lipinski definition) is 3. The van der Waals surface area contributed by atoms with Crippen LogP contribution in [0.25, 0.3) is 0 Å². The number of nitrogens with zero attached hydrogens (tertiary/aromatic N) is 2. The molecule has 1 saturated heterocycles. The molecule has 0 bridgehead atoms. The molecular formula is C18H22FN3. The Morgan fingerprint density at radius 1 is 1.09 bits per heavy atom. The number of hydrogen-bond donors (Lipinski definition) is 1. The van der Waals surface area contributed by atoms with Crippen LogP contribution in [0.3, 0.4) is 0 Å². The standard InChI is InChI=1S/C18H22FN3/c1-12-18(16-5-3-4-10-20-16)13(2)22-17(21-12)11-14-6-8-15(19)9-7-14/h6-9,16,20H,3-5,10-11H2,1-2H3. The molecule has 2 heterocycles. The number of benzene rings is 1. The summed E-state index contributed by atoms with van der Waals surface area (Å²) in [5, 5.41) is 3.57. The Labute approximate surface area is 131 Å². The lowest BCUT2D eigenvalue weighted by atomic mass is 9.95. The van der Waals surface area contributed by atoms with Crippen LogP contribution in [0.4, 0.5) is 4.39 Å². The minimum absolute atomic E-state index is 0.212. The molecule has 0 spiro atoms. The zero-order valence-corrected chi connectivity index (χ0v) is 13.2. The Morgan fingerprint density at radius 2 is 1.77 bits per heavy atom. The first-order valence-corrected chi connectivity index (χ1v) is 7.95. The average Bonchev–Trinajstić information content (AvgIpc) is 2.50. The van der Waals surface area contributed by atoms with Crippen molar-refractivity contribution in [3.63, 3.8) is 0 Å². The van der Waals surface area contributed by atoms with Crippen LogP contribution in [0.1, 0.15) is 53.6 Å². The molecule has 1 aromatic carbocycles. The molecule has 1 N–H and O–H groups in total. The van der Waals surface area contributed by atoms with Gasteiger partial charge in [-0.3, -0.25) is 0 Å². The first kappa shape index (κ1) is 15.1. The summed E-state index contributed by atoms with van der Waals surface area (Å²) < 4.78 is 13.0. The third-order valence-corrected chi connectivity index (χ3v) is 4.31. The molecule has 0 amide bonds. The Hall–Kier alpha value is -1.81. The third kappa shape index (κ3) is 3.33. The van der Waals surface area contributed by atoms with Gasteiger partial charge in [0.05, 0.1) is 0 Å². The molecule has 0 aliphatic carbocycles. The van der Waals surface area contributed by atoms with E-state index in [-0.39, 0.29) is 5.82 Å². The van der Waals surface area contributed by atoms with Crippen LogP contribution >= 0.6 is 0 Å². The summed E-state index contributed by atoms with van der Waals surface area (Å²) >= 11 is 0. The normalized spacial score (nSPS) is 18.4. The zero-order valence-electron chi connectivity index (χ0n) is 13.2. The number of piperidine rings is 1. The van der Waals surface area contributed by atoms with Crippen molar-refractivity contribution in [1.29, 1.82) is 0 Å². The summed E-state index contributed by atoms with van der Waals surface area (Å²) in [6, 6.07) is 6.93. The largest absolute Gasteiger partial charge is 0.310 e. The van der Waals surface area contributed by atoms with Gasteiger partial charge in [0.1, 0.15) is 11.6 Å². The van der Waals surface area contributed by atoms with Crippen molar-refractivity contribution < 1.29 is 4.39 Å². The molecule has 3 nitrogen and oxygen atoms in total. The maximum absolute atomic E-state index is 13.0. The highest BCUT2D eigenvalue weighted by atomic mass is 19.1. The molecule has 4 heteroatoms. The number of aromatic nitrogens is 2. The van der Waals surface area contributed by atoms with Crippen molar-refractivity contribution in [3.8, 4) is 0 Å². The predicted octanol–water partition coefficient (Wildman–Crippen LogP) is 3.64. The van der Waals surface area contributed by atoms with Gasteiger partial charge in [0.25, 0.3) is 0 Å². The maximum Gasteiger partial charge on any atom is 0.133 e. The van der Waals surface area contributed by atoms with Gasteiger partial charge >= 0.3 is 0 Å². The van der Waals surface area contributed by atoms with Crippen LogP contribution < -0.4 is 5.32 Å². The van der Waals surface area contributed by atoms with Gasteiger partial charge < -0.3 is 5.32 Å². The SMILES string of the molecule is Cc1nc(Cc2ccc(F)cc2)nc(C)c1C1CCCCN1. The third-order valence-electron chi connectivity index (χ3n) is 4.31. The van der Waals surface area contributed by atoms with Gasteiger partial charge in [-0.15, -0.1) is 0 Å². The predicted molar refractivity (Wildman–Crippen MR) is 85.3 cm³/mol. The Morgan fingerprint density at radius 3 is 2.36 bits per heavy atom. The molecule has 3 rings (SSSR count). The number of halogens is 1. The molecule has 0 radical (unpaired) electrons. The van der Waals surface area contributed by atoms with Crippen molar-refractivity contribution >= 4 is 0 Å². The first-order valence-electron chi connectivity index (χ1n) is 7.95. The molecule has 116 valence electrons. The van der Waals surface area contributed by atoms with Crippen molar-refractivity contribution in [3.05, 3.63) is 58.4 Å². The maximum atomic E-state index is 13.0. The van der Waals surface area contributed by atoms with Gasteiger partial charge in [-0.05, 0) is 50.9 Å². The van der Waals surface area contributed by atoms with E-state index in [0.29, 0.717) is 12.5 Å². The molecule has 2 aromatic rings. The van der Waals surface area contributed by atoms with Crippen LogP contribution in [-0.2, 0) is 6.42 Å². The minimum atomic E-state index is -0.212. The molecule has 22 heavy (non-hydrogen) atoms. The van der Waals surface area contributed by atoms with Crippen molar-refractivity contribution in [2.24, 2.45) is 0 Å². The Balaban J connectivity index is 1.83. The molecule has 0 saturated carbocycles. The van der Waals surface area contributed by atoms with E-state index in [1.54, 1.807) is 12.1 Å². The highest BCUT2D eigenvalue weighted by Crippen LogP contribution is 2.27. The summed E-state index contributed by atoms with van der Waals surface area (Å²) in [6.07, 6.45) is 4.30. The fourth-order valence-electron chi connectivity index (χ4n) is 3.26. The second kappa shape index (κ2) is 6.53. The molecule has 1 unspecified atom stereocenters. The van der Waals surface area contributed by atoms with Crippen LogP contribution in [0.5, 0.6) is 0 Å². The highest BCUT2D eigenvalue weighted by molar-refractivity contribution is 5.30. The fourth-order valence-corrected chi connectivity index (χ4v) is 3.26. The lowest BCUT2D eigenvalue weighted by Crippen LogP contribution is -2.28. The molecule has 1 fully saturated rings. The van der Waals surface area contributed by atoms with Gasteiger partial charge in [-0.2, -0.15) is 0 Å². The molecule has 1 aliphatic heterocycles. The summed E-state index contributed by atoms with van der Waals surface area (Å²) in [4.78, 5) is 9.36. The minimum Gasteiger partial charge on any atom is -0.310 e. The molecule has 1 aliphatic rings. The quantitative estimate of drug-likeness (QED) is 0.940. The van der Waals surface area contributed by atoms with Crippen LogP contribution in [0, 0.1) is 19.7 Å². The van der Waals surface area contributed by atoms with E-state index in [9.17, 15) is 4.39 Å². The molecule has 1 aromatic heterocycles. The lowest BCUT2D eigenvalue weighted by Gasteiger charge is -2.26. The van der Waals surface area contributed by atoms with Gasteiger partial charge in [-0.1, -0.05) is 18.6 Å². The second-order valence-electron chi connectivity index (χ2n) is 6.03. The number of nitrogens with one attached hydrogen (secondary N) is 1. The summed E-state index contributed by atoms with van der Waals surface area (Å²) in [7, 11) is 0. The van der Waals surface area contributed by atoms with E-state index in [2.05, 4.69) is 29.1 Å². The summed E-state index contributed by atoms with van der Waals surface area (Å²) in [5.41, 5.74) is 4.40. The second-order valence-corrected chi connectivity index (χ2v) is 6.03. The average molecular weight is 299 g/mol. The molecular weight excluding hydrogens is 277 g/mol. The van der Waals surface area contributed by atoms with Crippen LogP contribution in [0.2, 0.25) is 0 Å². The zero-order chi connectivity index (χ0) is 15.5.